The summed E-state index contributed by atoms with van der Waals surface area (Å²) < 4.78 is 40.2. The maximum absolute atomic E-state index is 14.7. The largest absolute Gasteiger partial charge is 0.471 e. The quantitative estimate of drug-likeness (QED) is 0.285. The summed E-state index contributed by atoms with van der Waals surface area (Å²) >= 11 is 0. The van der Waals surface area contributed by atoms with Crippen molar-refractivity contribution < 1.29 is 37.1 Å². The van der Waals surface area contributed by atoms with Gasteiger partial charge < -0.3 is 25.0 Å². The number of benzene rings is 2. The molecular formula is C41H48N6O8S. The smallest absolute Gasteiger partial charge is 0.408 e. The Balaban J connectivity index is 1.28. The molecule has 4 amide bonds. The van der Waals surface area contributed by atoms with Crippen LogP contribution in [0.3, 0.4) is 0 Å². The molecule has 0 spiro atoms. The van der Waals surface area contributed by atoms with E-state index in [4.69, 9.17) is 19.4 Å². The highest BCUT2D eigenvalue weighted by Crippen LogP contribution is 2.46. The Hall–Kier alpha value is -5.31. The molecule has 2 aliphatic carbocycles. The van der Waals surface area contributed by atoms with Crippen LogP contribution in [-0.2, 0) is 29.1 Å². The van der Waals surface area contributed by atoms with Gasteiger partial charge in [0.2, 0.25) is 27.7 Å². The molecule has 3 N–H and O–H groups in total. The zero-order chi connectivity index (χ0) is 40.2. The van der Waals surface area contributed by atoms with Gasteiger partial charge in [0.25, 0.3) is 5.91 Å². The summed E-state index contributed by atoms with van der Waals surface area (Å²) in [4.78, 5) is 67.4. The van der Waals surface area contributed by atoms with E-state index in [2.05, 4.69) is 21.9 Å². The SMILES string of the molecule is C=C[C@@H]1C[C@@]1(NC(=O)[C@@H]1C[C@@H]2CN1C(=O)[C@H](C(C)(C)C)NC(=O)OC(C)(C)C/C=C\c1ccc3nc(-c4ccccc4)c(nc3c1)O2)C(=O)NS(=O)(=O)C1CC1. The molecule has 4 aliphatic rings. The number of alkyl carbamates (subject to hydrolysis) is 1. The second kappa shape index (κ2) is 14.3. The molecule has 5 atom stereocenters. The van der Waals surface area contributed by atoms with E-state index in [9.17, 15) is 27.6 Å². The Morgan fingerprint density at radius 3 is 2.45 bits per heavy atom. The van der Waals surface area contributed by atoms with Crippen molar-refractivity contribution in [2.24, 2.45) is 11.3 Å². The van der Waals surface area contributed by atoms with Crippen molar-refractivity contribution in [2.45, 2.75) is 101 Å². The molecule has 5 bridgehead atoms. The highest BCUT2D eigenvalue weighted by molar-refractivity contribution is 7.91. The first kappa shape index (κ1) is 38.9. The van der Waals surface area contributed by atoms with Crippen LogP contribution in [-0.4, -0.2) is 88.2 Å². The zero-order valence-corrected chi connectivity index (χ0v) is 33.0. The number of amides is 4. The van der Waals surface area contributed by atoms with Crippen LogP contribution < -0.4 is 20.1 Å². The molecule has 296 valence electrons. The fourth-order valence-electron chi connectivity index (χ4n) is 7.31. The fourth-order valence-corrected chi connectivity index (χ4v) is 8.67. The third-order valence-corrected chi connectivity index (χ3v) is 12.6. The van der Waals surface area contributed by atoms with Crippen molar-refractivity contribution in [3.8, 4) is 17.1 Å². The average Bonchev–Trinajstić information content (AvgIpc) is 4.06. The van der Waals surface area contributed by atoms with E-state index in [1.165, 1.54) is 11.0 Å². The molecule has 1 aromatic heterocycles. The number of hydrogen-bond acceptors (Lipinski definition) is 10. The van der Waals surface area contributed by atoms with E-state index in [-0.39, 0.29) is 25.3 Å². The normalized spacial score (nSPS) is 27.0. The molecule has 56 heavy (non-hydrogen) atoms. The van der Waals surface area contributed by atoms with Gasteiger partial charge in [-0.2, -0.15) is 0 Å². The van der Waals surface area contributed by atoms with E-state index in [1.807, 2.05) is 60.7 Å². The second-order valence-electron chi connectivity index (χ2n) is 16.9. The van der Waals surface area contributed by atoms with Gasteiger partial charge in [0.15, 0.2) is 0 Å². The first-order chi connectivity index (χ1) is 26.4. The van der Waals surface area contributed by atoms with Gasteiger partial charge in [0.1, 0.15) is 35.0 Å². The zero-order valence-electron chi connectivity index (χ0n) is 32.2. The summed E-state index contributed by atoms with van der Waals surface area (Å²) in [6.45, 7) is 12.6. The molecule has 7 rings (SSSR count). The third-order valence-electron chi connectivity index (χ3n) is 10.7. The molecule has 1 saturated heterocycles. The third kappa shape index (κ3) is 7.99. The highest BCUT2D eigenvalue weighted by atomic mass is 32.2. The molecule has 0 unspecified atom stereocenters. The van der Waals surface area contributed by atoms with Gasteiger partial charge in [-0.05, 0) is 56.2 Å². The van der Waals surface area contributed by atoms with Crippen LogP contribution in [0.15, 0.2) is 67.3 Å². The number of carbonyl (C=O) groups is 4. The highest BCUT2D eigenvalue weighted by Gasteiger charge is 2.62. The number of sulfonamides is 1. The molecule has 3 fully saturated rings. The Morgan fingerprint density at radius 2 is 1.79 bits per heavy atom. The van der Waals surface area contributed by atoms with Crippen molar-refractivity contribution in [1.29, 1.82) is 0 Å². The number of cyclic esters (lactones) is 1. The lowest BCUT2D eigenvalue weighted by atomic mass is 9.85. The molecular weight excluding hydrogens is 737 g/mol. The molecule has 3 aromatic rings. The van der Waals surface area contributed by atoms with Gasteiger partial charge in [-0.15, -0.1) is 6.58 Å². The summed E-state index contributed by atoms with van der Waals surface area (Å²) in [5, 5.41) is 4.93. The monoisotopic (exact) mass is 784 g/mol. The molecule has 15 heteroatoms. The van der Waals surface area contributed by atoms with Crippen LogP contribution in [0.1, 0.15) is 72.3 Å². The topological polar surface area (TPSA) is 186 Å². The van der Waals surface area contributed by atoms with Crippen molar-refractivity contribution in [1.82, 2.24) is 30.2 Å². The molecule has 2 aromatic carbocycles. The minimum atomic E-state index is -3.92. The van der Waals surface area contributed by atoms with E-state index in [0.29, 0.717) is 36.0 Å². The van der Waals surface area contributed by atoms with E-state index < -0.39 is 79.7 Å². The van der Waals surface area contributed by atoms with Crippen LogP contribution in [0.5, 0.6) is 5.88 Å². The van der Waals surface area contributed by atoms with Gasteiger partial charge >= 0.3 is 6.09 Å². The molecule has 14 nitrogen and oxygen atoms in total. The molecule has 2 aliphatic heterocycles. The maximum atomic E-state index is 14.7. The minimum Gasteiger partial charge on any atom is -0.471 e. The van der Waals surface area contributed by atoms with E-state index in [0.717, 1.165) is 11.1 Å². The van der Waals surface area contributed by atoms with Crippen molar-refractivity contribution >= 4 is 50.9 Å². The number of rotatable bonds is 7. The van der Waals surface area contributed by atoms with Gasteiger partial charge in [-0.3, -0.25) is 19.1 Å². The van der Waals surface area contributed by atoms with Crippen molar-refractivity contribution in [3.63, 3.8) is 0 Å². The minimum absolute atomic E-state index is 0.0144. The molecule has 2 saturated carbocycles. The van der Waals surface area contributed by atoms with Crippen LogP contribution >= 0.6 is 0 Å². The van der Waals surface area contributed by atoms with Crippen LogP contribution in [0.4, 0.5) is 4.79 Å². The van der Waals surface area contributed by atoms with Gasteiger partial charge in [0.05, 0.1) is 22.8 Å². The maximum Gasteiger partial charge on any atom is 0.408 e. The van der Waals surface area contributed by atoms with Crippen LogP contribution in [0, 0.1) is 11.3 Å². The lowest BCUT2D eigenvalue weighted by Crippen LogP contribution is -2.60. The number of ether oxygens (including phenoxy) is 2. The Bertz CT molecular complexity index is 2230. The lowest BCUT2D eigenvalue weighted by Gasteiger charge is -2.36. The summed E-state index contributed by atoms with van der Waals surface area (Å²) in [5.74, 6) is -2.43. The Kier molecular flexibility index (Phi) is 9.96. The summed E-state index contributed by atoms with van der Waals surface area (Å²) in [5.41, 5.74) is -0.117. The molecule has 0 radical (unpaired) electrons. The first-order valence-corrected chi connectivity index (χ1v) is 20.4. The lowest BCUT2D eigenvalue weighted by molar-refractivity contribution is -0.143. The fraction of sp³-hybridized carbons (Fsp3) is 0.463. The Labute approximate surface area is 326 Å². The standard InChI is InChI=1S/C41H48N6O8S/c1-7-26-22-41(26,37(50)46-56(52,53)28-16-17-28)45-34(48)31-21-27-23-47(31)36(49)33(39(2,3)4)44-38(51)55-40(5,6)19-11-12-24-15-18-29-30(20-24)43-35(54-27)32(42-29)25-13-9-8-10-14-25/h7-15,18,20,26-28,31,33H,1,16-17,19,21-23H2,2-6H3,(H,44,51)(H,45,48)(H,46,50)/b12-11-/t26-,27-,31+,33-,41+/m1/s1. The van der Waals surface area contributed by atoms with Crippen LogP contribution in [0.2, 0.25) is 0 Å². The number of aromatic nitrogens is 2. The van der Waals surface area contributed by atoms with Crippen LogP contribution in [0.25, 0.3) is 28.4 Å². The second-order valence-corrected chi connectivity index (χ2v) is 18.8. The van der Waals surface area contributed by atoms with Crippen molar-refractivity contribution in [3.05, 3.63) is 72.8 Å². The summed E-state index contributed by atoms with van der Waals surface area (Å²) in [6, 6.07) is 12.7. The predicted octanol–water partition coefficient (Wildman–Crippen LogP) is 4.65. The number of nitrogens with one attached hydrogen (secondary N) is 3. The number of fused-ring (bicyclic) bond motifs is 4. The molecule has 3 heterocycles. The number of hydrogen-bond donors (Lipinski definition) is 3. The first-order valence-electron chi connectivity index (χ1n) is 18.9. The Morgan fingerprint density at radius 1 is 1.05 bits per heavy atom. The average molecular weight is 785 g/mol. The van der Waals surface area contributed by atoms with E-state index >= 15 is 0 Å². The van der Waals surface area contributed by atoms with Gasteiger partial charge in [0, 0.05) is 24.3 Å². The number of nitrogens with zero attached hydrogens (tertiary/aromatic N) is 3. The number of carbonyl (C=O) groups excluding carboxylic acids is 4. The van der Waals surface area contributed by atoms with Gasteiger partial charge in [-0.25, -0.2) is 23.2 Å². The summed E-state index contributed by atoms with van der Waals surface area (Å²) in [6.07, 6.45) is 5.10. The van der Waals surface area contributed by atoms with E-state index in [1.54, 1.807) is 34.6 Å². The predicted molar refractivity (Wildman–Crippen MR) is 209 cm³/mol. The van der Waals surface area contributed by atoms with Gasteiger partial charge in [-0.1, -0.05) is 75.4 Å². The summed E-state index contributed by atoms with van der Waals surface area (Å²) in [7, 11) is -3.92. The van der Waals surface area contributed by atoms with Crippen molar-refractivity contribution in [2.75, 3.05) is 6.54 Å².